The molecule has 1 aromatic heterocycles. The van der Waals surface area contributed by atoms with Crippen molar-refractivity contribution in [1.29, 1.82) is 0 Å². The molecule has 0 radical (unpaired) electrons. The average Bonchev–Trinajstić information content (AvgIpc) is 2.71. The van der Waals surface area contributed by atoms with E-state index in [1.54, 1.807) is 13.0 Å². The molecule has 2 aromatic carbocycles. The molecule has 3 rings (SSSR count). The number of nitrogens with one attached hydrogen (secondary N) is 1. The van der Waals surface area contributed by atoms with Gasteiger partial charge in [0.2, 0.25) is 0 Å². The van der Waals surface area contributed by atoms with E-state index in [-0.39, 0.29) is 5.56 Å². The number of esters is 1. The smallest absolute Gasteiger partial charge is 0.418 e. The van der Waals surface area contributed by atoms with E-state index in [2.05, 4.69) is 26.2 Å². The fourth-order valence-corrected chi connectivity index (χ4v) is 3.22. The second-order valence-electron chi connectivity index (χ2n) is 6.51. The lowest BCUT2D eigenvalue weighted by Gasteiger charge is -2.13. The van der Waals surface area contributed by atoms with Gasteiger partial charge in [0.05, 0.1) is 28.2 Å². The molecule has 0 aliphatic carbocycles. The Labute approximate surface area is 184 Å². The summed E-state index contributed by atoms with van der Waals surface area (Å²) in [7, 11) is 0. The van der Waals surface area contributed by atoms with Gasteiger partial charge in [0.25, 0.3) is 5.91 Å². The third kappa shape index (κ3) is 5.69. The first-order valence-electron chi connectivity index (χ1n) is 9.02. The fourth-order valence-electron chi connectivity index (χ4n) is 2.82. The fraction of sp³-hybridized carbons (Fsp3) is 0.136. The predicted octanol–water partition coefficient (Wildman–Crippen LogP) is 5.63. The molecular formula is C22H16BrF3N2O3. The Morgan fingerprint density at radius 3 is 2.48 bits per heavy atom. The SMILES string of the molecule is Cc1nc(-c2cccc(Br)c2)ccc1C(=O)OCC(=O)Nc1ccccc1C(F)(F)F. The Morgan fingerprint density at radius 2 is 1.81 bits per heavy atom. The van der Waals surface area contributed by atoms with Gasteiger partial charge in [0.1, 0.15) is 0 Å². The standard InChI is InChI=1S/C22H16BrF3N2O3/c1-13-16(9-10-18(27-13)14-5-4-6-15(23)11-14)21(30)31-12-20(29)28-19-8-3-2-7-17(19)22(24,25)26/h2-11H,12H2,1H3,(H,28,29). The van der Waals surface area contributed by atoms with Gasteiger partial charge in [0.15, 0.2) is 6.61 Å². The molecule has 0 bridgehead atoms. The summed E-state index contributed by atoms with van der Waals surface area (Å²) in [4.78, 5) is 28.7. The Hall–Kier alpha value is -3.20. The molecule has 0 spiro atoms. The molecule has 5 nitrogen and oxygen atoms in total. The van der Waals surface area contributed by atoms with Crippen molar-refractivity contribution >= 4 is 33.5 Å². The summed E-state index contributed by atoms with van der Waals surface area (Å²) in [6.07, 6.45) is -4.63. The van der Waals surface area contributed by atoms with Crippen LogP contribution in [0.25, 0.3) is 11.3 Å². The van der Waals surface area contributed by atoms with Gasteiger partial charge in [-0.05, 0) is 43.3 Å². The van der Waals surface area contributed by atoms with Crippen molar-refractivity contribution < 1.29 is 27.5 Å². The van der Waals surface area contributed by atoms with Gasteiger partial charge in [-0.25, -0.2) is 4.79 Å². The first-order chi connectivity index (χ1) is 14.6. The van der Waals surface area contributed by atoms with Crippen LogP contribution in [0, 0.1) is 6.92 Å². The van der Waals surface area contributed by atoms with E-state index >= 15 is 0 Å². The number of aromatic nitrogens is 1. The number of alkyl halides is 3. The maximum absolute atomic E-state index is 13.0. The number of ether oxygens (including phenoxy) is 1. The zero-order valence-electron chi connectivity index (χ0n) is 16.2. The van der Waals surface area contributed by atoms with Crippen molar-refractivity contribution in [2.75, 3.05) is 11.9 Å². The third-order valence-corrected chi connectivity index (χ3v) is 4.76. The first-order valence-corrected chi connectivity index (χ1v) is 9.81. The first kappa shape index (κ1) is 22.5. The summed E-state index contributed by atoms with van der Waals surface area (Å²) in [6, 6.07) is 15.2. The van der Waals surface area contributed by atoms with E-state index in [4.69, 9.17) is 4.74 Å². The van der Waals surface area contributed by atoms with Crippen molar-refractivity contribution in [1.82, 2.24) is 4.98 Å². The summed E-state index contributed by atoms with van der Waals surface area (Å²) in [5, 5.41) is 2.12. The predicted molar refractivity (Wildman–Crippen MR) is 112 cm³/mol. The monoisotopic (exact) mass is 492 g/mol. The van der Waals surface area contributed by atoms with Crippen molar-refractivity contribution in [2.24, 2.45) is 0 Å². The van der Waals surface area contributed by atoms with E-state index < -0.39 is 35.9 Å². The largest absolute Gasteiger partial charge is 0.452 e. The zero-order chi connectivity index (χ0) is 22.6. The molecule has 9 heteroatoms. The topological polar surface area (TPSA) is 68.3 Å². The molecule has 0 atom stereocenters. The van der Waals surface area contributed by atoms with Crippen molar-refractivity contribution in [3.8, 4) is 11.3 Å². The molecule has 3 aromatic rings. The lowest BCUT2D eigenvalue weighted by Crippen LogP contribution is -2.23. The van der Waals surface area contributed by atoms with Crippen LogP contribution < -0.4 is 5.32 Å². The van der Waals surface area contributed by atoms with Gasteiger partial charge in [-0.1, -0.05) is 40.2 Å². The lowest BCUT2D eigenvalue weighted by atomic mass is 10.1. The lowest BCUT2D eigenvalue weighted by molar-refractivity contribution is -0.137. The van der Waals surface area contributed by atoms with Crippen LogP contribution in [0.2, 0.25) is 0 Å². The van der Waals surface area contributed by atoms with Crippen LogP contribution >= 0.6 is 15.9 Å². The number of nitrogens with zero attached hydrogens (tertiary/aromatic N) is 1. The quantitative estimate of drug-likeness (QED) is 0.468. The van der Waals surface area contributed by atoms with Crippen LogP contribution in [-0.2, 0) is 15.7 Å². The van der Waals surface area contributed by atoms with E-state index in [1.807, 2.05) is 24.3 Å². The van der Waals surface area contributed by atoms with Gasteiger partial charge >= 0.3 is 12.1 Å². The molecule has 0 unspecified atom stereocenters. The van der Waals surface area contributed by atoms with Crippen LogP contribution in [0.5, 0.6) is 0 Å². The maximum atomic E-state index is 13.0. The van der Waals surface area contributed by atoms with Crippen molar-refractivity contribution in [2.45, 2.75) is 13.1 Å². The summed E-state index contributed by atoms with van der Waals surface area (Å²) >= 11 is 3.39. The van der Waals surface area contributed by atoms with Gasteiger partial charge in [-0.15, -0.1) is 0 Å². The summed E-state index contributed by atoms with van der Waals surface area (Å²) in [5.41, 5.74) is 0.648. The average molecular weight is 493 g/mol. The van der Waals surface area contributed by atoms with Gasteiger partial charge < -0.3 is 10.1 Å². The second kappa shape index (κ2) is 9.30. The van der Waals surface area contributed by atoms with E-state index in [0.29, 0.717) is 11.4 Å². The Kier molecular flexibility index (Phi) is 6.74. The Balaban J connectivity index is 1.65. The molecule has 1 amide bonds. The zero-order valence-corrected chi connectivity index (χ0v) is 17.8. The summed E-state index contributed by atoms with van der Waals surface area (Å²) in [5.74, 6) is -1.69. The minimum atomic E-state index is -4.63. The van der Waals surface area contributed by atoms with Crippen LogP contribution in [0.15, 0.2) is 65.1 Å². The van der Waals surface area contributed by atoms with Crippen LogP contribution in [-0.4, -0.2) is 23.5 Å². The molecule has 0 aliphatic rings. The molecule has 0 saturated heterocycles. The minimum Gasteiger partial charge on any atom is -0.452 e. The van der Waals surface area contributed by atoms with Crippen LogP contribution in [0.3, 0.4) is 0 Å². The highest BCUT2D eigenvalue weighted by Crippen LogP contribution is 2.34. The summed E-state index contributed by atoms with van der Waals surface area (Å²) in [6.45, 7) is 0.884. The number of hydrogen-bond donors (Lipinski definition) is 1. The Morgan fingerprint density at radius 1 is 1.06 bits per heavy atom. The maximum Gasteiger partial charge on any atom is 0.418 e. The number of hydrogen-bond acceptors (Lipinski definition) is 4. The molecule has 1 N–H and O–H groups in total. The number of amides is 1. The van der Waals surface area contributed by atoms with Crippen LogP contribution in [0.1, 0.15) is 21.6 Å². The number of carbonyl (C=O) groups excluding carboxylic acids is 2. The van der Waals surface area contributed by atoms with E-state index in [1.165, 1.54) is 18.2 Å². The number of carbonyl (C=O) groups is 2. The van der Waals surface area contributed by atoms with Crippen molar-refractivity contribution in [3.05, 3.63) is 82.0 Å². The molecular weight excluding hydrogens is 477 g/mol. The number of halogens is 4. The molecule has 31 heavy (non-hydrogen) atoms. The number of aryl methyl sites for hydroxylation is 1. The molecule has 1 heterocycles. The summed E-state index contributed by atoms with van der Waals surface area (Å²) < 4.78 is 44.9. The third-order valence-electron chi connectivity index (χ3n) is 4.27. The highest BCUT2D eigenvalue weighted by atomic mass is 79.9. The molecule has 0 saturated carbocycles. The van der Waals surface area contributed by atoms with Gasteiger partial charge in [-0.3, -0.25) is 9.78 Å². The van der Waals surface area contributed by atoms with Gasteiger partial charge in [-0.2, -0.15) is 13.2 Å². The van der Waals surface area contributed by atoms with Gasteiger partial charge in [0, 0.05) is 10.0 Å². The van der Waals surface area contributed by atoms with Crippen LogP contribution in [0.4, 0.5) is 18.9 Å². The molecule has 0 fully saturated rings. The number of pyridine rings is 1. The molecule has 0 aliphatic heterocycles. The van der Waals surface area contributed by atoms with E-state index in [0.717, 1.165) is 22.2 Å². The second-order valence-corrected chi connectivity index (χ2v) is 7.42. The number of benzene rings is 2. The number of para-hydroxylation sites is 1. The highest BCUT2D eigenvalue weighted by Gasteiger charge is 2.33. The Bertz CT molecular complexity index is 1130. The normalized spacial score (nSPS) is 11.1. The van der Waals surface area contributed by atoms with E-state index in [9.17, 15) is 22.8 Å². The number of rotatable bonds is 5. The minimum absolute atomic E-state index is 0.155. The number of anilines is 1. The van der Waals surface area contributed by atoms with Crippen molar-refractivity contribution in [3.63, 3.8) is 0 Å². The molecule has 160 valence electrons. The highest BCUT2D eigenvalue weighted by molar-refractivity contribution is 9.10.